The van der Waals surface area contributed by atoms with Crippen LogP contribution in [-0.4, -0.2) is 58.3 Å². The van der Waals surface area contributed by atoms with Crippen LogP contribution in [0.4, 0.5) is 24.5 Å². The van der Waals surface area contributed by atoms with Crippen LogP contribution >= 0.6 is 0 Å². The van der Waals surface area contributed by atoms with Crippen LogP contribution in [0.3, 0.4) is 0 Å². The second-order valence-electron chi connectivity index (χ2n) is 11.4. The van der Waals surface area contributed by atoms with Crippen molar-refractivity contribution in [1.29, 1.82) is 0 Å². The second-order valence-corrected chi connectivity index (χ2v) is 11.4. The van der Waals surface area contributed by atoms with Gasteiger partial charge < -0.3 is 15.2 Å². The van der Waals surface area contributed by atoms with Crippen molar-refractivity contribution in [1.82, 2.24) is 19.7 Å². The lowest BCUT2D eigenvalue weighted by Gasteiger charge is -2.36. The molecule has 1 amide bonds. The highest BCUT2D eigenvalue weighted by Crippen LogP contribution is 2.32. The van der Waals surface area contributed by atoms with Gasteiger partial charge in [0.05, 0.1) is 11.1 Å². The maximum atomic E-state index is 13.1. The van der Waals surface area contributed by atoms with Gasteiger partial charge in [-0.3, -0.25) is 14.4 Å². The molecular weight excluding hydrogens is 517 g/mol. The zero-order valence-electron chi connectivity index (χ0n) is 23.3. The molecule has 2 N–H and O–H groups in total. The molecule has 2 aromatic carbocycles. The highest BCUT2D eigenvalue weighted by molar-refractivity contribution is 6.04. The number of benzene rings is 2. The molecule has 0 saturated carbocycles. The number of aryl methyl sites for hydroxylation is 1. The summed E-state index contributed by atoms with van der Waals surface area (Å²) in [5.41, 5.74) is 3.94. The minimum Gasteiger partial charge on any atom is -0.369 e. The van der Waals surface area contributed by atoms with E-state index in [4.69, 9.17) is 0 Å². The van der Waals surface area contributed by atoms with E-state index in [9.17, 15) is 18.0 Å². The topological polar surface area (TPSA) is 69.2 Å². The molecule has 1 aliphatic heterocycles. The maximum Gasteiger partial charge on any atom is 0.416 e. The smallest absolute Gasteiger partial charge is 0.369 e. The van der Waals surface area contributed by atoms with E-state index in [2.05, 4.69) is 20.3 Å². The number of nitrogens with one attached hydrogen (secondary N) is 2. The minimum atomic E-state index is -4.34. The number of rotatable bonds is 6. The first-order valence-corrected chi connectivity index (χ1v) is 13.5. The molecule has 0 bridgehead atoms. The van der Waals surface area contributed by atoms with Crippen molar-refractivity contribution in [2.24, 2.45) is 0 Å². The number of carbonyl (C=O) groups is 1. The van der Waals surface area contributed by atoms with Gasteiger partial charge >= 0.3 is 6.18 Å². The number of piperazine rings is 1. The zero-order chi connectivity index (χ0) is 28.7. The third-order valence-electron chi connectivity index (χ3n) is 7.39. The Morgan fingerprint density at radius 1 is 1.02 bits per heavy atom. The van der Waals surface area contributed by atoms with E-state index < -0.39 is 11.7 Å². The van der Waals surface area contributed by atoms with Gasteiger partial charge in [0.1, 0.15) is 0 Å². The Balaban J connectivity index is 1.20. The predicted octanol–water partition coefficient (Wildman–Crippen LogP) is 6.06. The SMILES string of the molecule is Cc1cc(C(=O)Nc2ccc3[nH]cc(CCN4CCN(c5cccc(C(F)(F)F)c5)CC4)c3c2)nn1C(C)(C)C. The van der Waals surface area contributed by atoms with Crippen molar-refractivity contribution >= 4 is 28.2 Å². The second kappa shape index (κ2) is 10.6. The first kappa shape index (κ1) is 27.8. The van der Waals surface area contributed by atoms with E-state index in [1.54, 1.807) is 12.1 Å². The number of H-pyrrole nitrogens is 1. The van der Waals surface area contributed by atoms with Crippen molar-refractivity contribution < 1.29 is 18.0 Å². The summed E-state index contributed by atoms with van der Waals surface area (Å²) >= 11 is 0. The summed E-state index contributed by atoms with van der Waals surface area (Å²) in [5.74, 6) is -0.249. The van der Waals surface area contributed by atoms with Crippen LogP contribution < -0.4 is 10.2 Å². The molecule has 1 aliphatic rings. The van der Waals surface area contributed by atoms with E-state index in [-0.39, 0.29) is 11.4 Å². The van der Waals surface area contributed by atoms with Crippen molar-refractivity contribution in [3.63, 3.8) is 0 Å². The van der Waals surface area contributed by atoms with E-state index in [0.717, 1.165) is 54.3 Å². The first-order chi connectivity index (χ1) is 18.9. The molecule has 0 atom stereocenters. The standard InChI is InChI=1S/C30H35F3N6O/c1-20-16-27(36-39(20)29(2,3)4)28(40)35-23-8-9-26-25(18-23)21(19-34-26)10-11-37-12-14-38(15-13-37)24-7-5-6-22(17-24)30(31,32)33/h5-9,16-19,34H,10-15H2,1-4H3,(H,35,40). The lowest BCUT2D eigenvalue weighted by molar-refractivity contribution is -0.137. The summed E-state index contributed by atoms with van der Waals surface area (Å²) in [6.45, 7) is 11.8. The number of anilines is 2. The molecule has 0 radical (unpaired) electrons. The molecule has 4 aromatic rings. The van der Waals surface area contributed by atoms with Crippen LogP contribution in [0, 0.1) is 6.92 Å². The number of aromatic nitrogens is 3. The molecular formula is C30H35F3N6O. The third-order valence-corrected chi connectivity index (χ3v) is 7.39. The number of aromatic amines is 1. The van der Waals surface area contributed by atoms with Crippen LogP contribution in [0.2, 0.25) is 0 Å². The summed E-state index contributed by atoms with van der Waals surface area (Å²) in [6, 6.07) is 13.2. The Hall–Kier alpha value is -3.79. The average molecular weight is 553 g/mol. The molecule has 1 saturated heterocycles. The lowest BCUT2D eigenvalue weighted by atomic mass is 10.1. The fraction of sp³-hybridized carbons (Fsp3) is 0.400. The molecule has 0 unspecified atom stereocenters. The number of amides is 1. The minimum absolute atomic E-state index is 0.216. The number of halogens is 3. The molecule has 3 heterocycles. The molecule has 10 heteroatoms. The van der Waals surface area contributed by atoms with Crippen molar-refractivity contribution in [3.05, 3.63) is 77.2 Å². The number of carbonyl (C=O) groups excluding carboxylic acids is 1. The van der Waals surface area contributed by atoms with Gasteiger partial charge in [0.2, 0.25) is 0 Å². The Morgan fingerprint density at radius 2 is 1.77 bits per heavy atom. The van der Waals surface area contributed by atoms with Crippen LogP contribution in [-0.2, 0) is 18.1 Å². The van der Waals surface area contributed by atoms with Gasteiger partial charge in [0, 0.05) is 66.9 Å². The number of hydrogen-bond donors (Lipinski definition) is 2. The molecule has 212 valence electrons. The van der Waals surface area contributed by atoms with Crippen molar-refractivity contribution in [2.45, 2.75) is 45.8 Å². The Kier molecular flexibility index (Phi) is 7.39. The van der Waals surface area contributed by atoms with Gasteiger partial charge in [-0.05, 0) is 82.1 Å². The molecule has 5 rings (SSSR count). The first-order valence-electron chi connectivity index (χ1n) is 13.5. The van der Waals surface area contributed by atoms with Gasteiger partial charge in [-0.25, -0.2) is 0 Å². The monoisotopic (exact) mass is 552 g/mol. The van der Waals surface area contributed by atoms with E-state index in [1.165, 1.54) is 12.1 Å². The van der Waals surface area contributed by atoms with Crippen LogP contribution in [0.25, 0.3) is 10.9 Å². The average Bonchev–Trinajstić information content (AvgIpc) is 3.50. The molecule has 0 spiro atoms. The molecule has 40 heavy (non-hydrogen) atoms. The number of alkyl halides is 3. The Bertz CT molecular complexity index is 1510. The lowest BCUT2D eigenvalue weighted by Crippen LogP contribution is -2.47. The zero-order valence-corrected chi connectivity index (χ0v) is 23.3. The Morgan fingerprint density at radius 3 is 2.45 bits per heavy atom. The summed E-state index contributed by atoms with van der Waals surface area (Å²) in [7, 11) is 0. The molecule has 7 nitrogen and oxygen atoms in total. The van der Waals surface area contributed by atoms with Gasteiger partial charge in [0.15, 0.2) is 5.69 Å². The third kappa shape index (κ3) is 6.01. The normalized spacial score (nSPS) is 15.1. The highest BCUT2D eigenvalue weighted by atomic mass is 19.4. The largest absolute Gasteiger partial charge is 0.416 e. The number of nitrogens with zero attached hydrogens (tertiary/aromatic N) is 4. The van der Waals surface area contributed by atoms with Crippen LogP contribution in [0.5, 0.6) is 0 Å². The predicted molar refractivity (Wildman–Crippen MR) is 152 cm³/mol. The molecule has 1 fully saturated rings. The van der Waals surface area contributed by atoms with E-state index in [1.807, 2.05) is 61.7 Å². The fourth-order valence-electron chi connectivity index (χ4n) is 5.31. The summed E-state index contributed by atoms with van der Waals surface area (Å²) in [5, 5.41) is 8.54. The van der Waals surface area contributed by atoms with Gasteiger partial charge in [0.25, 0.3) is 5.91 Å². The van der Waals surface area contributed by atoms with Crippen LogP contribution in [0.15, 0.2) is 54.7 Å². The number of hydrogen-bond acceptors (Lipinski definition) is 4. The summed E-state index contributed by atoms with van der Waals surface area (Å²) in [4.78, 5) is 20.6. The van der Waals surface area contributed by atoms with Gasteiger partial charge in [-0.1, -0.05) is 6.07 Å². The van der Waals surface area contributed by atoms with E-state index in [0.29, 0.717) is 30.2 Å². The van der Waals surface area contributed by atoms with Crippen molar-refractivity contribution in [3.8, 4) is 0 Å². The molecule has 0 aliphatic carbocycles. The van der Waals surface area contributed by atoms with Gasteiger partial charge in [-0.2, -0.15) is 18.3 Å². The fourth-order valence-corrected chi connectivity index (χ4v) is 5.31. The summed E-state index contributed by atoms with van der Waals surface area (Å²) < 4.78 is 41.2. The van der Waals surface area contributed by atoms with Crippen molar-refractivity contribution in [2.75, 3.05) is 42.9 Å². The maximum absolute atomic E-state index is 13.1. The van der Waals surface area contributed by atoms with E-state index >= 15 is 0 Å². The quantitative estimate of drug-likeness (QED) is 0.305. The number of fused-ring (bicyclic) bond motifs is 1. The Labute approximate surface area is 232 Å². The highest BCUT2D eigenvalue weighted by Gasteiger charge is 2.31. The van der Waals surface area contributed by atoms with Gasteiger partial charge in [-0.15, -0.1) is 0 Å². The molecule has 2 aromatic heterocycles. The summed E-state index contributed by atoms with van der Waals surface area (Å²) in [6.07, 6.45) is -1.52. The van der Waals surface area contributed by atoms with Crippen LogP contribution in [0.1, 0.15) is 48.1 Å².